The molecule has 1 aliphatic heterocycles. The molecule has 114 valence electrons. The molecule has 1 atom stereocenters. The monoisotopic (exact) mass is 298 g/mol. The molecule has 3 N–H and O–H groups in total. The third-order valence-electron chi connectivity index (χ3n) is 4.47. The quantitative estimate of drug-likeness (QED) is 0.892. The minimum atomic E-state index is -0.752. The summed E-state index contributed by atoms with van der Waals surface area (Å²) in [6.45, 7) is 5.55. The fourth-order valence-corrected chi connectivity index (χ4v) is 3.00. The predicted molar refractivity (Wildman–Crippen MR) is 85.3 cm³/mol. The summed E-state index contributed by atoms with van der Waals surface area (Å²) in [6.07, 6.45) is 0. The molecule has 4 heteroatoms. The van der Waals surface area contributed by atoms with E-state index >= 15 is 0 Å². The van der Waals surface area contributed by atoms with Crippen LogP contribution in [-0.4, -0.2) is 5.91 Å². The summed E-state index contributed by atoms with van der Waals surface area (Å²) in [5, 5.41) is 2.87. The van der Waals surface area contributed by atoms with E-state index in [0.717, 1.165) is 11.1 Å². The average Bonchev–Trinajstić information content (AvgIpc) is 2.69. The van der Waals surface area contributed by atoms with Crippen molar-refractivity contribution in [3.8, 4) is 0 Å². The number of amides is 1. The van der Waals surface area contributed by atoms with Gasteiger partial charge < -0.3 is 11.1 Å². The zero-order chi connectivity index (χ0) is 16.1. The van der Waals surface area contributed by atoms with Crippen molar-refractivity contribution >= 4 is 11.6 Å². The lowest BCUT2D eigenvalue weighted by Gasteiger charge is -2.20. The smallest absolute Gasteiger partial charge is 0.234 e. The van der Waals surface area contributed by atoms with E-state index in [4.69, 9.17) is 5.73 Å². The lowest BCUT2D eigenvalue weighted by atomic mass is 9.84. The number of benzene rings is 2. The Labute approximate surface area is 129 Å². The van der Waals surface area contributed by atoms with E-state index in [2.05, 4.69) is 5.32 Å². The highest BCUT2D eigenvalue weighted by molar-refractivity contribution is 6.06. The van der Waals surface area contributed by atoms with Gasteiger partial charge in [0.25, 0.3) is 0 Å². The van der Waals surface area contributed by atoms with Crippen molar-refractivity contribution < 1.29 is 9.18 Å². The van der Waals surface area contributed by atoms with Gasteiger partial charge in [0.15, 0.2) is 0 Å². The fraction of sp³-hybridized carbons (Fsp3) is 0.278. The molecule has 0 aliphatic carbocycles. The second-order valence-corrected chi connectivity index (χ2v) is 6.33. The molecule has 0 aromatic heterocycles. The third kappa shape index (κ3) is 2.11. The maximum Gasteiger partial charge on any atom is 0.234 e. The summed E-state index contributed by atoms with van der Waals surface area (Å²) in [5.74, 6) is -0.506. The van der Waals surface area contributed by atoms with Gasteiger partial charge in [-0.15, -0.1) is 0 Å². The number of nitrogens with one attached hydrogen (secondary N) is 1. The molecular weight excluding hydrogens is 279 g/mol. The van der Waals surface area contributed by atoms with Gasteiger partial charge in [0, 0.05) is 5.56 Å². The summed E-state index contributed by atoms with van der Waals surface area (Å²) in [6, 6.07) is 10.1. The van der Waals surface area contributed by atoms with E-state index in [-0.39, 0.29) is 11.7 Å². The number of carbonyl (C=O) groups is 1. The Morgan fingerprint density at radius 3 is 2.55 bits per heavy atom. The van der Waals surface area contributed by atoms with Gasteiger partial charge in [-0.2, -0.15) is 0 Å². The first-order valence-electron chi connectivity index (χ1n) is 7.29. The van der Waals surface area contributed by atoms with Crippen molar-refractivity contribution in [3.05, 3.63) is 64.5 Å². The Balaban J connectivity index is 2.18. The van der Waals surface area contributed by atoms with E-state index in [0.29, 0.717) is 16.8 Å². The van der Waals surface area contributed by atoms with Crippen LogP contribution in [-0.2, 0) is 10.2 Å². The predicted octanol–water partition coefficient (Wildman–Crippen LogP) is 3.41. The lowest BCUT2D eigenvalue weighted by molar-refractivity contribution is -0.119. The third-order valence-corrected chi connectivity index (χ3v) is 4.47. The van der Waals surface area contributed by atoms with Crippen LogP contribution in [0.4, 0.5) is 10.1 Å². The van der Waals surface area contributed by atoms with Crippen molar-refractivity contribution in [3.63, 3.8) is 0 Å². The number of hydrogen-bond donors (Lipinski definition) is 2. The van der Waals surface area contributed by atoms with Crippen LogP contribution in [0.3, 0.4) is 0 Å². The van der Waals surface area contributed by atoms with E-state index in [9.17, 15) is 9.18 Å². The molecule has 3 rings (SSSR count). The van der Waals surface area contributed by atoms with Gasteiger partial charge in [0.2, 0.25) is 5.91 Å². The molecule has 0 radical (unpaired) electrons. The van der Waals surface area contributed by atoms with Gasteiger partial charge in [0.1, 0.15) is 5.82 Å². The summed E-state index contributed by atoms with van der Waals surface area (Å²) in [7, 11) is 0. The SMILES string of the molecule is Cc1ccccc1C(N)c1cc(F)cc2c1NC(=O)C2(C)C. The summed E-state index contributed by atoms with van der Waals surface area (Å²) in [5.41, 5.74) is 9.51. The van der Waals surface area contributed by atoms with Crippen molar-refractivity contribution in [1.82, 2.24) is 0 Å². The van der Waals surface area contributed by atoms with Crippen molar-refractivity contribution in [2.24, 2.45) is 5.73 Å². The number of anilines is 1. The molecule has 1 aliphatic rings. The van der Waals surface area contributed by atoms with E-state index in [1.807, 2.05) is 31.2 Å². The number of rotatable bonds is 2. The number of aryl methyl sites for hydroxylation is 1. The molecule has 2 aromatic carbocycles. The maximum absolute atomic E-state index is 14.1. The summed E-state index contributed by atoms with van der Waals surface area (Å²) in [4.78, 5) is 12.2. The van der Waals surface area contributed by atoms with Gasteiger partial charge in [0.05, 0.1) is 17.1 Å². The highest BCUT2D eigenvalue weighted by Crippen LogP contribution is 2.42. The zero-order valence-electron chi connectivity index (χ0n) is 12.9. The zero-order valence-corrected chi connectivity index (χ0v) is 12.9. The second kappa shape index (κ2) is 4.92. The number of hydrogen-bond acceptors (Lipinski definition) is 2. The number of halogens is 1. The van der Waals surface area contributed by atoms with Crippen LogP contribution in [0.25, 0.3) is 0 Å². The van der Waals surface area contributed by atoms with Crippen LogP contribution in [0.1, 0.15) is 42.1 Å². The Hall–Kier alpha value is -2.20. The molecule has 0 fully saturated rings. The van der Waals surface area contributed by atoms with Gasteiger partial charge in [-0.3, -0.25) is 4.79 Å². The Morgan fingerprint density at radius 2 is 1.86 bits per heavy atom. The van der Waals surface area contributed by atoms with E-state index in [1.54, 1.807) is 13.8 Å². The lowest BCUT2D eigenvalue weighted by Crippen LogP contribution is -2.26. The molecular formula is C18H19FN2O. The standard InChI is InChI=1S/C18H19FN2O/c1-10-6-4-5-7-12(10)15(20)13-8-11(19)9-14-16(13)21-17(22)18(14,2)3/h4-9,15H,20H2,1-3H3,(H,21,22). The first-order valence-corrected chi connectivity index (χ1v) is 7.29. The molecule has 22 heavy (non-hydrogen) atoms. The summed E-state index contributed by atoms with van der Waals surface area (Å²) < 4.78 is 14.1. The molecule has 1 amide bonds. The Morgan fingerprint density at radius 1 is 1.18 bits per heavy atom. The normalized spacial score (nSPS) is 17.0. The van der Waals surface area contributed by atoms with Crippen LogP contribution in [0.5, 0.6) is 0 Å². The number of nitrogens with two attached hydrogens (primary N) is 1. The van der Waals surface area contributed by atoms with Crippen molar-refractivity contribution in [2.45, 2.75) is 32.2 Å². The van der Waals surface area contributed by atoms with E-state index in [1.165, 1.54) is 12.1 Å². The van der Waals surface area contributed by atoms with Crippen LogP contribution < -0.4 is 11.1 Å². The minimum absolute atomic E-state index is 0.133. The minimum Gasteiger partial charge on any atom is -0.325 e. The molecule has 0 spiro atoms. The second-order valence-electron chi connectivity index (χ2n) is 6.33. The molecule has 1 unspecified atom stereocenters. The van der Waals surface area contributed by atoms with Crippen molar-refractivity contribution in [2.75, 3.05) is 5.32 Å². The van der Waals surface area contributed by atoms with Gasteiger partial charge in [-0.1, -0.05) is 24.3 Å². The van der Waals surface area contributed by atoms with Crippen LogP contribution in [0.15, 0.2) is 36.4 Å². The van der Waals surface area contributed by atoms with Gasteiger partial charge in [-0.25, -0.2) is 4.39 Å². The fourth-order valence-electron chi connectivity index (χ4n) is 3.00. The highest BCUT2D eigenvalue weighted by atomic mass is 19.1. The van der Waals surface area contributed by atoms with E-state index < -0.39 is 11.5 Å². The molecule has 0 bridgehead atoms. The molecule has 2 aromatic rings. The maximum atomic E-state index is 14.1. The van der Waals surface area contributed by atoms with Crippen LogP contribution in [0, 0.1) is 12.7 Å². The molecule has 0 saturated carbocycles. The van der Waals surface area contributed by atoms with Crippen molar-refractivity contribution in [1.29, 1.82) is 0 Å². The number of carbonyl (C=O) groups excluding carboxylic acids is 1. The highest BCUT2D eigenvalue weighted by Gasteiger charge is 2.40. The Bertz CT molecular complexity index is 768. The van der Waals surface area contributed by atoms with Gasteiger partial charge >= 0.3 is 0 Å². The first kappa shape index (κ1) is 14.7. The first-order chi connectivity index (χ1) is 10.3. The largest absolute Gasteiger partial charge is 0.325 e. The van der Waals surface area contributed by atoms with Crippen LogP contribution >= 0.6 is 0 Å². The number of fused-ring (bicyclic) bond motifs is 1. The molecule has 1 heterocycles. The molecule has 3 nitrogen and oxygen atoms in total. The van der Waals surface area contributed by atoms with Crippen LogP contribution in [0.2, 0.25) is 0 Å². The average molecular weight is 298 g/mol. The molecule has 0 saturated heterocycles. The Kier molecular flexibility index (Phi) is 3.29. The van der Waals surface area contributed by atoms with Gasteiger partial charge in [-0.05, 0) is 49.6 Å². The summed E-state index contributed by atoms with van der Waals surface area (Å²) >= 11 is 0. The topological polar surface area (TPSA) is 55.1 Å².